The van der Waals surface area contributed by atoms with Gasteiger partial charge in [0, 0.05) is 36.9 Å². The van der Waals surface area contributed by atoms with Crippen LogP contribution in [0.1, 0.15) is 10.6 Å². The van der Waals surface area contributed by atoms with E-state index in [4.69, 9.17) is 0 Å². The first-order chi connectivity index (χ1) is 10.2. The van der Waals surface area contributed by atoms with Gasteiger partial charge >= 0.3 is 0 Å². The fraction of sp³-hybridized carbons (Fsp3) is 0.0625. The Labute approximate surface area is 122 Å². The minimum Gasteiger partial charge on any atom is -0.330 e. The van der Waals surface area contributed by atoms with Crippen LogP contribution in [0.4, 0.5) is 5.69 Å². The molecule has 3 aromatic rings. The molecule has 0 atom stereocenters. The lowest BCUT2D eigenvalue weighted by Gasteiger charge is -2.07. The lowest BCUT2D eigenvalue weighted by Crippen LogP contribution is -2.16. The number of nitrogens with zero attached hydrogens (tertiary/aromatic N) is 3. The van der Waals surface area contributed by atoms with Crippen molar-refractivity contribution in [1.82, 2.24) is 14.5 Å². The van der Waals surface area contributed by atoms with Gasteiger partial charge in [-0.05, 0) is 24.3 Å². The van der Waals surface area contributed by atoms with E-state index in [1.165, 1.54) is 0 Å². The van der Waals surface area contributed by atoms with E-state index in [1.54, 1.807) is 30.2 Å². The standard InChI is InChI=1S/C16H14N4O/c1-20-10-9-18-15(20)16(21)19-13-6-4-5-12(11-13)14-7-2-3-8-17-14/h2-11H,1H3,(H,19,21). The van der Waals surface area contributed by atoms with Crippen molar-refractivity contribution in [2.45, 2.75) is 0 Å². The predicted octanol–water partition coefficient (Wildman–Crippen LogP) is 2.73. The number of hydrogen-bond acceptors (Lipinski definition) is 3. The molecular formula is C16H14N4O. The van der Waals surface area contributed by atoms with Crippen LogP contribution >= 0.6 is 0 Å². The quantitative estimate of drug-likeness (QED) is 0.801. The molecule has 1 amide bonds. The van der Waals surface area contributed by atoms with Crippen LogP contribution in [0.3, 0.4) is 0 Å². The van der Waals surface area contributed by atoms with Crippen LogP contribution in [0.5, 0.6) is 0 Å². The number of hydrogen-bond donors (Lipinski definition) is 1. The molecule has 5 nitrogen and oxygen atoms in total. The van der Waals surface area contributed by atoms with Crippen LogP contribution in [-0.4, -0.2) is 20.4 Å². The smallest absolute Gasteiger partial charge is 0.291 e. The Morgan fingerprint density at radius 3 is 2.71 bits per heavy atom. The van der Waals surface area contributed by atoms with Gasteiger partial charge in [0.1, 0.15) is 0 Å². The van der Waals surface area contributed by atoms with Crippen molar-refractivity contribution < 1.29 is 4.79 Å². The average molecular weight is 278 g/mol. The predicted molar refractivity (Wildman–Crippen MR) is 80.8 cm³/mol. The SMILES string of the molecule is Cn1ccnc1C(=O)Nc1cccc(-c2ccccn2)c1. The highest BCUT2D eigenvalue weighted by atomic mass is 16.2. The maximum Gasteiger partial charge on any atom is 0.291 e. The molecule has 0 radical (unpaired) electrons. The van der Waals surface area contributed by atoms with E-state index in [2.05, 4.69) is 15.3 Å². The molecule has 0 bridgehead atoms. The highest BCUT2D eigenvalue weighted by molar-refractivity contribution is 6.02. The second kappa shape index (κ2) is 5.58. The van der Waals surface area contributed by atoms with Gasteiger partial charge in [0.25, 0.3) is 5.91 Å². The summed E-state index contributed by atoms with van der Waals surface area (Å²) in [5.74, 6) is 0.138. The van der Waals surface area contributed by atoms with Crippen molar-refractivity contribution in [2.75, 3.05) is 5.32 Å². The van der Waals surface area contributed by atoms with E-state index in [0.717, 1.165) is 11.3 Å². The molecule has 104 valence electrons. The Hall–Kier alpha value is -2.95. The number of carbonyl (C=O) groups excluding carboxylic acids is 1. The van der Waals surface area contributed by atoms with Crippen molar-refractivity contribution >= 4 is 11.6 Å². The summed E-state index contributed by atoms with van der Waals surface area (Å²) in [5.41, 5.74) is 2.53. The zero-order valence-electron chi connectivity index (χ0n) is 11.5. The summed E-state index contributed by atoms with van der Waals surface area (Å²) >= 11 is 0. The molecule has 2 aromatic heterocycles. The Balaban J connectivity index is 1.84. The number of amides is 1. The Kier molecular flexibility index (Phi) is 3.47. The first-order valence-electron chi connectivity index (χ1n) is 6.54. The van der Waals surface area contributed by atoms with Crippen LogP contribution in [0.2, 0.25) is 0 Å². The van der Waals surface area contributed by atoms with Crippen molar-refractivity contribution in [2.24, 2.45) is 7.05 Å². The molecule has 0 fully saturated rings. The number of nitrogens with one attached hydrogen (secondary N) is 1. The molecule has 0 unspecified atom stereocenters. The van der Waals surface area contributed by atoms with Gasteiger partial charge in [0.05, 0.1) is 5.69 Å². The Bertz CT molecular complexity index is 765. The van der Waals surface area contributed by atoms with Crippen LogP contribution in [0.25, 0.3) is 11.3 Å². The van der Waals surface area contributed by atoms with Gasteiger partial charge < -0.3 is 9.88 Å². The van der Waals surface area contributed by atoms with E-state index in [-0.39, 0.29) is 5.91 Å². The summed E-state index contributed by atoms with van der Waals surface area (Å²) in [4.78, 5) is 20.5. The van der Waals surface area contributed by atoms with E-state index >= 15 is 0 Å². The molecule has 3 rings (SSSR count). The van der Waals surface area contributed by atoms with Gasteiger partial charge in [-0.15, -0.1) is 0 Å². The number of carbonyl (C=O) groups is 1. The van der Waals surface area contributed by atoms with E-state index in [9.17, 15) is 4.79 Å². The van der Waals surface area contributed by atoms with Gasteiger partial charge in [0.2, 0.25) is 0 Å². The number of imidazole rings is 1. The summed E-state index contributed by atoms with van der Waals surface area (Å²) in [5, 5.41) is 2.85. The maximum atomic E-state index is 12.1. The fourth-order valence-electron chi connectivity index (χ4n) is 2.06. The third-order valence-electron chi connectivity index (χ3n) is 3.11. The van der Waals surface area contributed by atoms with Crippen LogP contribution < -0.4 is 5.32 Å². The van der Waals surface area contributed by atoms with Gasteiger partial charge in [-0.1, -0.05) is 18.2 Å². The first kappa shape index (κ1) is 13.1. The number of aryl methyl sites for hydroxylation is 1. The van der Waals surface area contributed by atoms with E-state index < -0.39 is 0 Å². The van der Waals surface area contributed by atoms with Crippen molar-refractivity contribution in [1.29, 1.82) is 0 Å². The van der Waals surface area contributed by atoms with E-state index in [1.807, 2.05) is 42.5 Å². The second-order valence-electron chi connectivity index (χ2n) is 4.61. The topological polar surface area (TPSA) is 59.8 Å². The largest absolute Gasteiger partial charge is 0.330 e. The molecule has 2 heterocycles. The molecule has 0 aliphatic rings. The summed E-state index contributed by atoms with van der Waals surface area (Å²) in [6, 6.07) is 13.3. The molecule has 0 saturated carbocycles. The molecular weight excluding hydrogens is 264 g/mol. The van der Waals surface area contributed by atoms with Crippen LogP contribution in [-0.2, 0) is 7.05 Å². The zero-order valence-corrected chi connectivity index (χ0v) is 11.5. The zero-order chi connectivity index (χ0) is 14.7. The maximum absolute atomic E-state index is 12.1. The number of pyridine rings is 1. The third kappa shape index (κ3) is 2.81. The van der Waals surface area contributed by atoms with Crippen LogP contribution in [0, 0.1) is 0 Å². The summed E-state index contributed by atoms with van der Waals surface area (Å²) in [6.45, 7) is 0. The third-order valence-corrected chi connectivity index (χ3v) is 3.11. The first-order valence-corrected chi connectivity index (χ1v) is 6.54. The number of aromatic nitrogens is 3. The molecule has 5 heteroatoms. The van der Waals surface area contributed by atoms with E-state index in [0.29, 0.717) is 11.5 Å². The molecule has 0 saturated heterocycles. The molecule has 0 aliphatic carbocycles. The normalized spacial score (nSPS) is 10.3. The lowest BCUT2D eigenvalue weighted by molar-refractivity contribution is 0.101. The minimum atomic E-state index is -0.235. The number of rotatable bonds is 3. The summed E-state index contributed by atoms with van der Waals surface area (Å²) in [6.07, 6.45) is 5.08. The highest BCUT2D eigenvalue weighted by Crippen LogP contribution is 2.20. The summed E-state index contributed by atoms with van der Waals surface area (Å²) < 4.78 is 1.68. The highest BCUT2D eigenvalue weighted by Gasteiger charge is 2.11. The monoisotopic (exact) mass is 278 g/mol. The molecule has 0 aliphatic heterocycles. The molecule has 21 heavy (non-hydrogen) atoms. The Morgan fingerprint density at radius 2 is 2.00 bits per heavy atom. The lowest BCUT2D eigenvalue weighted by atomic mass is 10.1. The summed E-state index contributed by atoms with van der Waals surface area (Å²) in [7, 11) is 1.78. The Morgan fingerprint density at radius 1 is 1.10 bits per heavy atom. The number of benzene rings is 1. The molecule has 1 N–H and O–H groups in total. The molecule has 1 aromatic carbocycles. The van der Waals surface area contributed by atoms with Gasteiger partial charge in [-0.2, -0.15) is 0 Å². The average Bonchev–Trinajstić information content (AvgIpc) is 2.95. The fourth-order valence-corrected chi connectivity index (χ4v) is 2.06. The number of anilines is 1. The van der Waals surface area contributed by atoms with Gasteiger partial charge in [-0.25, -0.2) is 4.98 Å². The van der Waals surface area contributed by atoms with Gasteiger partial charge in [-0.3, -0.25) is 9.78 Å². The van der Waals surface area contributed by atoms with Crippen LogP contribution in [0.15, 0.2) is 61.1 Å². The van der Waals surface area contributed by atoms with Crippen molar-refractivity contribution in [3.8, 4) is 11.3 Å². The minimum absolute atomic E-state index is 0.235. The van der Waals surface area contributed by atoms with Crippen molar-refractivity contribution in [3.05, 3.63) is 66.9 Å². The van der Waals surface area contributed by atoms with Gasteiger partial charge in [0.15, 0.2) is 5.82 Å². The second-order valence-corrected chi connectivity index (χ2v) is 4.61. The molecule has 0 spiro atoms. The van der Waals surface area contributed by atoms with Crippen molar-refractivity contribution in [3.63, 3.8) is 0 Å².